The summed E-state index contributed by atoms with van der Waals surface area (Å²) in [4.78, 5) is 2.34. The van der Waals surface area contributed by atoms with E-state index in [1.165, 1.54) is 6.07 Å². The van der Waals surface area contributed by atoms with Crippen LogP contribution in [0.25, 0.3) is 0 Å². The predicted molar refractivity (Wildman–Crippen MR) is 81.7 cm³/mol. The number of likely N-dealkylation sites (N-methyl/N-ethyl adjacent to an activating group) is 1. The molecule has 0 aliphatic heterocycles. The second-order valence-corrected chi connectivity index (χ2v) is 5.30. The zero-order valence-electron chi connectivity index (χ0n) is 11.6. The zero-order chi connectivity index (χ0) is 14.3. The van der Waals surface area contributed by atoms with Crippen LogP contribution in [0.5, 0.6) is 0 Å². The first kappa shape index (κ1) is 16.6. The molecule has 1 atom stereocenters. The minimum absolute atomic E-state index is 0.00170. The van der Waals surface area contributed by atoms with Crippen LogP contribution in [0.1, 0.15) is 25.5 Å². The van der Waals surface area contributed by atoms with Gasteiger partial charge in [0.25, 0.3) is 0 Å². The Morgan fingerprint density at radius 2 is 2.05 bits per heavy atom. The maximum Gasteiger partial charge on any atom is 0.137 e. The van der Waals surface area contributed by atoms with Crippen molar-refractivity contribution in [3.8, 4) is 0 Å². The lowest BCUT2D eigenvalue weighted by molar-refractivity contribution is 0.297. The Labute approximate surface area is 123 Å². The van der Waals surface area contributed by atoms with Gasteiger partial charge in [0, 0.05) is 25.7 Å². The van der Waals surface area contributed by atoms with Crippen LogP contribution in [0, 0.1) is 5.82 Å². The van der Waals surface area contributed by atoms with Crippen LogP contribution >= 0.6 is 15.9 Å². The monoisotopic (exact) mass is 331 g/mol. The van der Waals surface area contributed by atoms with Crippen molar-refractivity contribution in [2.24, 2.45) is 5.73 Å². The van der Waals surface area contributed by atoms with Crippen molar-refractivity contribution in [1.29, 1.82) is 0 Å². The Kier molecular flexibility index (Phi) is 7.53. The third-order valence-electron chi connectivity index (χ3n) is 3.29. The van der Waals surface area contributed by atoms with Gasteiger partial charge in [0.15, 0.2) is 0 Å². The van der Waals surface area contributed by atoms with Crippen molar-refractivity contribution in [1.82, 2.24) is 10.2 Å². The highest BCUT2D eigenvalue weighted by atomic mass is 79.9. The fourth-order valence-electron chi connectivity index (χ4n) is 2.00. The normalized spacial score (nSPS) is 12.9. The average molecular weight is 332 g/mol. The van der Waals surface area contributed by atoms with Gasteiger partial charge in [0.2, 0.25) is 0 Å². The summed E-state index contributed by atoms with van der Waals surface area (Å²) >= 11 is 3.16. The molecule has 0 fully saturated rings. The Morgan fingerprint density at radius 1 is 1.37 bits per heavy atom. The minimum Gasteiger partial charge on any atom is -0.329 e. The van der Waals surface area contributed by atoms with Crippen molar-refractivity contribution in [3.05, 3.63) is 34.1 Å². The van der Waals surface area contributed by atoms with E-state index in [1.54, 1.807) is 6.07 Å². The van der Waals surface area contributed by atoms with Gasteiger partial charge < -0.3 is 16.0 Å². The number of nitrogens with zero attached hydrogens (tertiary/aromatic N) is 1. The van der Waals surface area contributed by atoms with Gasteiger partial charge in [0.05, 0.1) is 4.47 Å². The number of hydrogen-bond acceptors (Lipinski definition) is 3. The number of hydrogen-bond donors (Lipinski definition) is 2. The molecule has 0 aliphatic rings. The standard InChI is InChI=1S/C14H23BrFN3/c1-3-19(4-2)8-7-18-14(10-17)11-5-6-12(15)13(16)9-11/h5-6,9,14,18H,3-4,7-8,10,17H2,1-2H3. The molecule has 0 bridgehead atoms. The molecule has 0 saturated carbocycles. The minimum atomic E-state index is -0.249. The molecule has 1 aromatic carbocycles. The Balaban J connectivity index is 2.55. The Hall–Kier alpha value is -0.490. The third-order valence-corrected chi connectivity index (χ3v) is 3.94. The first-order chi connectivity index (χ1) is 9.12. The van der Waals surface area contributed by atoms with Crippen molar-refractivity contribution >= 4 is 15.9 Å². The van der Waals surface area contributed by atoms with Gasteiger partial charge in [-0.2, -0.15) is 0 Å². The molecule has 1 aromatic rings. The van der Waals surface area contributed by atoms with Crippen LogP contribution in [0.2, 0.25) is 0 Å². The molecule has 0 radical (unpaired) electrons. The summed E-state index contributed by atoms with van der Waals surface area (Å²) in [5.74, 6) is -0.249. The van der Waals surface area contributed by atoms with Gasteiger partial charge in [0.1, 0.15) is 5.82 Å². The number of nitrogens with one attached hydrogen (secondary N) is 1. The van der Waals surface area contributed by atoms with Gasteiger partial charge in [-0.25, -0.2) is 4.39 Å². The molecular formula is C14H23BrFN3. The van der Waals surface area contributed by atoms with Gasteiger partial charge in [-0.3, -0.25) is 0 Å². The van der Waals surface area contributed by atoms with Crippen LogP contribution in [0.3, 0.4) is 0 Å². The van der Waals surface area contributed by atoms with Gasteiger partial charge in [-0.05, 0) is 46.7 Å². The summed E-state index contributed by atoms with van der Waals surface area (Å²) in [5, 5.41) is 3.38. The van der Waals surface area contributed by atoms with Crippen LogP contribution < -0.4 is 11.1 Å². The Morgan fingerprint density at radius 3 is 2.58 bits per heavy atom. The molecule has 0 saturated heterocycles. The van der Waals surface area contributed by atoms with Crippen molar-refractivity contribution < 1.29 is 4.39 Å². The number of benzene rings is 1. The van der Waals surface area contributed by atoms with E-state index in [-0.39, 0.29) is 11.9 Å². The summed E-state index contributed by atoms with van der Waals surface area (Å²) in [6, 6.07) is 5.15. The number of halogens is 2. The summed E-state index contributed by atoms with van der Waals surface area (Å²) in [5.41, 5.74) is 6.66. The van der Waals surface area contributed by atoms with Crippen LogP contribution in [-0.4, -0.2) is 37.6 Å². The first-order valence-corrected chi connectivity index (χ1v) is 7.52. The summed E-state index contributed by atoms with van der Waals surface area (Å²) < 4.78 is 14.0. The van der Waals surface area contributed by atoms with E-state index in [0.717, 1.165) is 31.7 Å². The van der Waals surface area contributed by atoms with Crippen molar-refractivity contribution in [2.75, 3.05) is 32.7 Å². The smallest absolute Gasteiger partial charge is 0.137 e. The third kappa shape index (κ3) is 5.18. The summed E-state index contributed by atoms with van der Waals surface area (Å²) in [7, 11) is 0. The van der Waals surface area contributed by atoms with Gasteiger partial charge in [-0.15, -0.1) is 0 Å². The van der Waals surface area contributed by atoms with Crippen LogP contribution in [0.15, 0.2) is 22.7 Å². The molecule has 3 N–H and O–H groups in total. The second-order valence-electron chi connectivity index (χ2n) is 4.44. The lowest BCUT2D eigenvalue weighted by Gasteiger charge is -2.22. The van der Waals surface area contributed by atoms with E-state index in [4.69, 9.17) is 5.73 Å². The van der Waals surface area contributed by atoms with E-state index in [2.05, 4.69) is 40.0 Å². The van der Waals surface area contributed by atoms with E-state index in [9.17, 15) is 4.39 Å². The summed E-state index contributed by atoms with van der Waals surface area (Å²) in [6.07, 6.45) is 0. The SMILES string of the molecule is CCN(CC)CCNC(CN)c1ccc(Br)c(F)c1. The lowest BCUT2D eigenvalue weighted by Crippen LogP contribution is -2.36. The summed E-state index contributed by atoms with van der Waals surface area (Å²) in [6.45, 7) is 8.65. The molecule has 0 heterocycles. The average Bonchev–Trinajstić information content (AvgIpc) is 2.42. The van der Waals surface area contributed by atoms with E-state index in [0.29, 0.717) is 11.0 Å². The fraction of sp³-hybridized carbons (Fsp3) is 0.571. The molecule has 1 unspecified atom stereocenters. The molecule has 0 spiro atoms. The van der Waals surface area contributed by atoms with Crippen molar-refractivity contribution in [3.63, 3.8) is 0 Å². The number of rotatable bonds is 8. The molecule has 19 heavy (non-hydrogen) atoms. The molecule has 0 aliphatic carbocycles. The molecule has 1 rings (SSSR count). The molecule has 5 heteroatoms. The molecule has 0 aromatic heterocycles. The zero-order valence-corrected chi connectivity index (χ0v) is 13.2. The highest BCUT2D eigenvalue weighted by molar-refractivity contribution is 9.10. The van der Waals surface area contributed by atoms with Crippen LogP contribution in [0.4, 0.5) is 4.39 Å². The lowest BCUT2D eigenvalue weighted by atomic mass is 10.1. The van der Waals surface area contributed by atoms with Gasteiger partial charge in [-0.1, -0.05) is 19.9 Å². The second kappa shape index (κ2) is 8.64. The van der Waals surface area contributed by atoms with Gasteiger partial charge >= 0.3 is 0 Å². The molecule has 108 valence electrons. The maximum atomic E-state index is 13.5. The van der Waals surface area contributed by atoms with E-state index < -0.39 is 0 Å². The van der Waals surface area contributed by atoms with Crippen molar-refractivity contribution in [2.45, 2.75) is 19.9 Å². The Bertz CT molecular complexity index is 383. The molecule has 3 nitrogen and oxygen atoms in total. The fourth-order valence-corrected chi connectivity index (χ4v) is 2.25. The number of nitrogens with two attached hydrogens (primary N) is 1. The van der Waals surface area contributed by atoms with Crippen LogP contribution in [-0.2, 0) is 0 Å². The molecule has 0 amide bonds. The predicted octanol–water partition coefficient (Wildman–Crippen LogP) is 2.52. The topological polar surface area (TPSA) is 41.3 Å². The first-order valence-electron chi connectivity index (χ1n) is 6.73. The quantitative estimate of drug-likeness (QED) is 0.769. The highest BCUT2D eigenvalue weighted by Crippen LogP contribution is 2.20. The largest absolute Gasteiger partial charge is 0.329 e. The highest BCUT2D eigenvalue weighted by Gasteiger charge is 2.11. The maximum absolute atomic E-state index is 13.5. The van der Waals surface area contributed by atoms with E-state index >= 15 is 0 Å². The van der Waals surface area contributed by atoms with E-state index in [1.807, 2.05) is 6.07 Å². The molecular weight excluding hydrogens is 309 g/mol.